The number of nitrogens with zero attached hydrogens (tertiary/aromatic N) is 1. The zero-order valence-electron chi connectivity index (χ0n) is 5.30. The second-order valence-corrected chi connectivity index (χ2v) is 2.21. The molecular weight excluding hydrogens is 133 g/mol. The van der Waals surface area contributed by atoms with E-state index in [9.17, 15) is 4.39 Å². The van der Waals surface area contributed by atoms with Crippen LogP contribution >= 0.6 is 0 Å². The number of pyridine rings is 1. The lowest BCUT2D eigenvalue weighted by Crippen LogP contribution is -1.86. The first kappa shape index (κ1) is 5.65. The summed E-state index contributed by atoms with van der Waals surface area (Å²) in [4.78, 5) is 3.46. The van der Waals surface area contributed by atoms with E-state index in [1.165, 1.54) is 12.3 Å². The summed E-state index contributed by atoms with van der Waals surface area (Å²) in [5.41, 5.74) is 0.924. The number of rotatable bonds is 0. The molecule has 0 unspecified atom stereocenters. The predicted octanol–water partition coefficient (Wildman–Crippen LogP) is 1.16. The van der Waals surface area contributed by atoms with E-state index in [4.69, 9.17) is 4.74 Å². The normalized spacial score (nSPS) is 14.5. The van der Waals surface area contributed by atoms with E-state index in [-0.39, 0.29) is 0 Å². The molecule has 10 heavy (non-hydrogen) atoms. The second kappa shape index (κ2) is 1.94. The fourth-order valence-electron chi connectivity index (χ4n) is 1.05. The zero-order valence-corrected chi connectivity index (χ0v) is 5.30. The molecule has 2 heterocycles. The molecule has 0 bridgehead atoms. The van der Waals surface area contributed by atoms with Crippen LogP contribution in [0.5, 0.6) is 5.75 Å². The van der Waals surface area contributed by atoms with Crippen LogP contribution in [-0.2, 0) is 6.42 Å². The molecule has 0 amide bonds. The van der Waals surface area contributed by atoms with Gasteiger partial charge in [0.1, 0.15) is 5.75 Å². The van der Waals surface area contributed by atoms with Crippen LogP contribution in [0, 0.1) is 5.95 Å². The first-order valence-electron chi connectivity index (χ1n) is 3.13. The quantitative estimate of drug-likeness (QED) is 0.503. The van der Waals surface area contributed by atoms with Gasteiger partial charge in [-0.25, -0.2) is 4.98 Å². The molecule has 1 aliphatic rings. The van der Waals surface area contributed by atoms with Crippen molar-refractivity contribution >= 4 is 0 Å². The Morgan fingerprint density at radius 3 is 3.40 bits per heavy atom. The molecule has 0 aromatic carbocycles. The molecule has 3 heteroatoms. The Labute approximate surface area is 57.7 Å². The number of halogens is 1. The third-order valence-electron chi connectivity index (χ3n) is 1.54. The van der Waals surface area contributed by atoms with Crippen LogP contribution in [0.1, 0.15) is 5.56 Å². The van der Waals surface area contributed by atoms with Gasteiger partial charge in [0.2, 0.25) is 5.95 Å². The van der Waals surface area contributed by atoms with Crippen molar-refractivity contribution < 1.29 is 9.13 Å². The van der Waals surface area contributed by atoms with E-state index in [0.717, 1.165) is 17.7 Å². The molecule has 1 aromatic heterocycles. The Hall–Kier alpha value is -1.12. The molecule has 0 saturated heterocycles. The van der Waals surface area contributed by atoms with Gasteiger partial charge in [0.25, 0.3) is 0 Å². The van der Waals surface area contributed by atoms with Crippen LogP contribution in [0.4, 0.5) is 4.39 Å². The Balaban J connectivity index is 2.52. The molecule has 0 N–H and O–H groups in total. The number of fused-ring (bicyclic) bond motifs is 1. The molecule has 1 aromatic rings. The first-order chi connectivity index (χ1) is 4.86. The predicted molar refractivity (Wildman–Crippen MR) is 33.4 cm³/mol. The number of hydrogen-bond acceptors (Lipinski definition) is 2. The highest BCUT2D eigenvalue weighted by molar-refractivity contribution is 5.33. The van der Waals surface area contributed by atoms with Crippen molar-refractivity contribution in [3.05, 3.63) is 23.8 Å². The van der Waals surface area contributed by atoms with Crippen LogP contribution < -0.4 is 4.74 Å². The third-order valence-corrected chi connectivity index (χ3v) is 1.54. The minimum absolute atomic E-state index is 0.427. The average molecular weight is 139 g/mol. The molecule has 1 aliphatic heterocycles. The van der Waals surface area contributed by atoms with Crippen molar-refractivity contribution in [1.29, 1.82) is 0 Å². The van der Waals surface area contributed by atoms with Crippen LogP contribution in [0.3, 0.4) is 0 Å². The van der Waals surface area contributed by atoms with E-state index in [1.54, 1.807) is 0 Å². The lowest BCUT2D eigenvalue weighted by molar-refractivity contribution is 0.355. The van der Waals surface area contributed by atoms with E-state index >= 15 is 0 Å². The minimum atomic E-state index is -0.427. The van der Waals surface area contributed by atoms with Crippen LogP contribution in [0.25, 0.3) is 0 Å². The maximum Gasteiger partial charge on any atom is 0.213 e. The summed E-state index contributed by atoms with van der Waals surface area (Å²) in [5, 5.41) is 0. The average Bonchev–Trinajstić information content (AvgIpc) is 2.33. The summed E-state index contributed by atoms with van der Waals surface area (Å²) in [6, 6.07) is 1.42. The monoisotopic (exact) mass is 139 g/mol. The summed E-state index contributed by atoms with van der Waals surface area (Å²) < 4.78 is 17.5. The van der Waals surface area contributed by atoms with Crippen molar-refractivity contribution in [2.24, 2.45) is 0 Å². The van der Waals surface area contributed by atoms with Gasteiger partial charge in [-0.2, -0.15) is 4.39 Å². The Morgan fingerprint density at radius 1 is 1.60 bits per heavy atom. The van der Waals surface area contributed by atoms with Crippen LogP contribution in [0.2, 0.25) is 0 Å². The van der Waals surface area contributed by atoms with E-state index < -0.39 is 5.95 Å². The SMILES string of the molecule is Fc1cc2c(cn1)OCC2. The van der Waals surface area contributed by atoms with Crippen molar-refractivity contribution in [2.45, 2.75) is 6.42 Å². The Morgan fingerprint density at radius 2 is 2.50 bits per heavy atom. The molecule has 0 fully saturated rings. The highest BCUT2D eigenvalue weighted by Gasteiger charge is 2.12. The number of aromatic nitrogens is 1. The van der Waals surface area contributed by atoms with Gasteiger partial charge in [0, 0.05) is 18.1 Å². The van der Waals surface area contributed by atoms with Crippen LogP contribution in [0.15, 0.2) is 12.3 Å². The highest BCUT2D eigenvalue weighted by Crippen LogP contribution is 2.23. The van der Waals surface area contributed by atoms with Gasteiger partial charge in [-0.05, 0) is 0 Å². The second-order valence-electron chi connectivity index (χ2n) is 2.21. The summed E-state index contributed by atoms with van der Waals surface area (Å²) in [6.45, 7) is 0.653. The summed E-state index contributed by atoms with van der Waals surface area (Å²) in [5.74, 6) is 0.297. The molecule has 2 rings (SSSR count). The molecule has 0 spiro atoms. The van der Waals surface area contributed by atoms with Gasteiger partial charge >= 0.3 is 0 Å². The molecule has 2 nitrogen and oxygen atoms in total. The topological polar surface area (TPSA) is 22.1 Å². The molecule has 0 atom stereocenters. The fraction of sp³-hybridized carbons (Fsp3) is 0.286. The van der Waals surface area contributed by atoms with Crippen molar-refractivity contribution in [3.8, 4) is 5.75 Å². The lowest BCUT2D eigenvalue weighted by Gasteiger charge is -1.94. The maximum absolute atomic E-state index is 12.4. The van der Waals surface area contributed by atoms with Gasteiger partial charge in [0.05, 0.1) is 12.8 Å². The highest BCUT2D eigenvalue weighted by atomic mass is 19.1. The third kappa shape index (κ3) is 0.744. The van der Waals surface area contributed by atoms with Crippen LogP contribution in [-0.4, -0.2) is 11.6 Å². The van der Waals surface area contributed by atoms with Gasteiger partial charge in [-0.15, -0.1) is 0 Å². The largest absolute Gasteiger partial charge is 0.491 e. The molecule has 0 saturated carbocycles. The van der Waals surface area contributed by atoms with Gasteiger partial charge in [0.15, 0.2) is 0 Å². The molecule has 0 radical (unpaired) electrons. The number of ether oxygens (including phenoxy) is 1. The van der Waals surface area contributed by atoms with E-state index in [0.29, 0.717) is 6.61 Å². The van der Waals surface area contributed by atoms with E-state index in [2.05, 4.69) is 4.98 Å². The zero-order chi connectivity index (χ0) is 6.97. The van der Waals surface area contributed by atoms with Gasteiger partial charge in [-0.3, -0.25) is 0 Å². The van der Waals surface area contributed by atoms with E-state index in [1.807, 2.05) is 0 Å². The molecule has 0 aliphatic carbocycles. The summed E-state index contributed by atoms with van der Waals surface area (Å²) in [6.07, 6.45) is 2.23. The van der Waals surface area contributed by atoms with Crippen molar-refractivity contribution in [3.63, 3.8) is 0 Å². The first-order valence-corrected chi connectivity index (χ1v) is 3.13. The smallest absolute Gasteiger partial charge is 0.213 e. The Kier molecular flexibility index (Phi) is 1.09. The standard InChI is InChI=1S/C7H6FNO/c8-7-3-5-1-2-10-6(5)4-9-7/h3-4H,1-2H2. The molecule has 52 valence electrons. The fourth-order valence-corrected chi connectivity index (χ4v) is 1.05. The summed E-state index contributed by atoms with van der Waals surface area (Å²) >= 11 is 0. The maximum atomic E-state index is 12.4. The summed E-state index contributed by atoms with van der Waals surface area (Å²) in [7, 11) is 0. The van der Waals surface area contributed by atoms with Crippen molar-refractivity contribution in [2.75, 3.05) is 6.61 Å². The van der Waals surface area contributed by atoms with Gasteiger partial charge in [-0.1, -0.05) is 0 Å². The Bertz CT molecular complexity index is 262. The van der Waals surface area contributed by atoms with Gasteiger partial charge < -0.3 is 4.74 Å². The number of hydrogen-bond donors (Lipinski definition) is 0. The molecular formula is C7H6FNO. The van der Waals surface area contributed by atoms with Crippen molar-refractivity contribution in [1.82, 2.24) is 4.98 Å². The minimum Gasteiger partial charge on any atom is -0.491 e. The lowest BCUT2D eigenvalue weighted by atomic mass is 10.2.